The molecule has 1 aromatic carbocycles. The Morgan fingerprint density at radius 3 is 2.82 bits per heavy atom. The minimum atomic E-state index is -0.274. The van der Waals surface area contributed by atoms with Crippen molar-refractivity contribution in [3.8, 4) is 0 Å². The number of aromatic nitrogens is 1. The van der Waals surface area contributed by atoms with Crippen molar-refractivity contribution in [2.75, 3.05) is 17.2 Å². The van der Waals surface area contributed by atoms with E-state index < -0.39 is 0 Å². The smallest absolute Gasteiger partial charge is 0.256 e. The van der Waals surface area contributed by atoms with E-state index in [9.17, 15) is 9.59 Å². The van der Waals surface area contributed by atoms with E-state index in [-0.39, 0.29) is 18.4 Å². The van der Waals surface area contributed by atoms with Crippen LogP contribution in [0.25, 0.3) is 11.1 Å². The molecule has 6 nitrogen and oxygen atoms in total. The summed E-state index contributed by atoms with van der Waals surface area (Å²) in [5.74, 6) is -0.423. The van der Waals surface area contributed by atoms with Gasteiger partial charge in [0.1, 0.15) is 0 Å². The van der Waals surface area contributed by atoms with Gasteiger partial charge in [-0.05, 0) is 42.8 Å². The number of H-pyrrole nitrogens is 1. The molecule has 1 aliphatic heterocycles. The maximum Gasteiger partial charge on any atom is 0.256 e. The Kier molecular flexibility index (Phi) is 3.52. The van der Waals surface area contributed by atoms with Gasteiger partial charge in [-0.1, -0.05) is 0 Å². The maximum atomic E-state index is 12.3. The number of amides is 2. The van der Waals surface area contributed by atoms with Crippen LogP contribution in [0, 0.1) is 0 Å². The number of carbonyl (C=O) groups is 2. The number of benzene rings is 1. The highest BCUT2D eigenvalue weighted by Gasteiger charge is 2.27. The van der Waals surface area contributed by atoms with Crippen LogP contribution in [0.4, 0.5) is 11.4 Å². The number of hydrogen-bond acceptors (Lipinski definition) is 3. The Balaban J connectivity index is 2.06. The van der Waals surface area contributed by atoms with Gasteiger partial charge in [-0.25, -0.2) is 0 Å². The molecule has 0 aliphatic carbocycles. The van der Waals surface area contributed by atoms with Crippen LogP contribution in [-0.2, 0) is 9.59 Å². The van der Waals surface area contributed by atoms with Gasteiger partial charge in [0.05, 0.1) is 12.1 Å². The third kappa shape index (κ3) is 2.40. The molecular formula is C16H16N4O2. The van der Waals surface area contributed by atoms with E-state index >= 15 is 0 Å². The average Bonchev–Trinajstić information content (AvgIpc) is 3.13. The Labute approximate surface area is 127 Å². The topological polar surface area (TPSA) is 100 Å². The number of rotatable bonds is 3. The lowest BCUT2D eigenvalue weighted by Crippen LogP contribution is -2.21. The summed E-state index contributed by atoms with van der Waals surface area (Å²) in [4.78, 5) is 26.8. The van der Waals surface area contributed by atoms with Crippen LogP contribution in [0.15, 0.2) is 36.5 Å². The fraction of sp³-hybridized carbons (Fsp3) is 0.125. The molecular weight excluding hydrogens is 280 g/mol. The summed E-state index contributed by atoms with van der Waals surface area (Å²) in [5, 5.41) is 5.53. The van der Waals surface area contributed by atoms with Crippen LogP contribution in [0.3, 0.4) is 0 Å². The molecule has 0 atom stereocenters. The monoisotopic (exact) mass is 296 g/mol. The Morgan fingerprint density at radius 1 is 1.32 bits per heavy atom. The fourth-order valence-electron chi connectivity index (χ4n) is 2.53. The van der Waals surface area contributed by atoms with Crippen molar-refractivity contribution in [1.82, 2.24) is 4.98 Å². The molecule has 0 spiro atoms. The van der Waals surface area contributed by atoms with Crippen molar-refractivity contribution < 1.29 is 9.59 Å². The molecule has 1 aromatic heterocycles. The standard InChI is InChI=1S/C16H16N4O2/c1-9(12-3-2-6-18-12)15-11-7-10(19-14(21)8-17)4-5-13(11)20-16(15)22/h2-7,18H,8,17H2,1H3,(H,19,21)(H,20,22). The van der Waals surface area contributed by atoms with Crippen LogP contribution < -0.4 is 16.4 Å². The first-order chi connectivity index (χ1) is 10.6. The normalized spacial score (nSPS) is 15.3. The van der Waals surface area contributed by atoms with E-state index in [1.165, 1.54) is 0 Å². The van der Waals surface area contributed by atoms with Gasteiger partial charge in [0, 0.05) is 28.8 Å². The number of nitrogens with one attached hydrogen (secondary N) is 3. The third-order valence-corrected chi connectivity index (χ3v) is 3.61. The Bertz CT molecular complexity index is 775. The molecule has 0 saturated carbocycles. The number of aromatic amines is 1. The zero-order valence-electron chi connectivity index (χ0n) is 12.1. The number of fused-ring (bicyclic) bond motifs is 1. The van der Waals surface area contributed by atoms with Crippen molar-refractivity contribution in [1.29, 1.82) is 0 Å². The summed E-state index contributed by atoms with van der Waals surface area (Å²) < 4.78 is 0. The van der Waals surface area contributed by atoms with E-state index in [1.807, 2.05) is 25.3 Å². The second-order valence-electron chi connectivity index (χ2n) is 5.05. The highest BCUT2D eigenvalue weighted by atomic mass is 16.2. The van der Waals surface area contributed by atoms with Crippen molar-refractivity contribution in [3.63, 3.8) is 0 Å². The molecule has 6 heteroatoms. The molecule has 1 aliphatic rings. The van der Waals surface area contributed by atoms with Crippen molar-refractivity contribution in [2.45, 2.75) is 6.92 Å². The van der Waals surface area contributed by atoms with E-state index in [2.05, 4.69) is 15.6 Å². The summed E-state index contributed by atoms with van der Waals surface area (Å²) in [6.07, 6.45) is 1.81. The molecule has 2 heterocycles. The van der Waals surface area contributed by atoms with Gasteiger partial charge in [0.2, 0.25) is 5.91 Å². The first-order valence-corrected chi connectivity index (χ1v) is 6.90. The Hall–Kier alpha value is -2.86. The molecule has 2 aromatic rings. The van der Waals surface area contributed by atoms with Crippen molar-refractivity contribution in [3.05, 3.63) is 47.8 Å². The summed E-state index contributed by atoms with van der Waals surface area (Å²) in [6, 6.07) is 9.08. The lowest BCUT2D eigenvalue weighted by Gasteiger charge is -2.07. The number of allylic oxidation sites excluding steroid dienone is 1. The van der Waals surface area contributed by atoms with Crippen LogP contribution in [0.2, 0.25) is 0 Å². The molecule has 5 N–H and O–H groups in total. The Morgan fingerprint density at radius 2 is 2.14 bits per heavy atom. The molecule has 0 saturated heterocycles. The highest BCUT2D eigenvalue weighted by molar-refractivity contribution is 6.36. The van der Waals surface area contributed by atoms with Crippen LogP contribution in [-0.4, -0.2) is 23.3 Å². The number of carbonyl (C=O) groups excluding carboxylic acids is 2. The number of anilines is 2. The van der Waals surface area contributed by atoms with Gasteiger partial charge in [0.15, 0.2) is 0 Å². The average molecular weight is 296 g/mol. The van der Waals surface area contributed by atoms with Gasteiger partial charge >= 0.3 is 0 Å². The molecule has 112 valence electrons. The zero-order valence-corrected chi connectivity index (χ0v) is 12.1. The predicted molar refractivity (Wildman–Crippen MR) is 86.0 cm³/mol. The largest absolute Gasteiger partial charge is 0.361 e. The molecule has 3 rings (SSSR count). The first kappa shape index (κ1) is 14.1. The molecule has 2 amide bonds. The van der Waals surface area contributed by atoms with E-state index in [1.54, 1.807) is 18.2 Å². The second kappa shape index (κ2) is 5.50. The molecule has 22 heavy (non-hydrogen) atoms. The fourth-order valence-corrected chi connectivity index (χ4v) is 2.53. The first-order valence-electron chi connectivity index (χ1n) is 6.90. The minimum Gasteiger partial charge on any atom is -0.361 e. The zero-order chi connectivity index (χ0) is 15.7. The SMILES string of the molecule is CC(=C1C(=O)Nc2ccc(NC(=O)CN)cc21)c1ccc[nH]1. The van der Waals surface area contributed by atoms with Crippen LogP contribution >= 0.6 is 0 Å². The van der Waals surface area contributed by atoms with E-state index in [0.717, 1.165) is 22.5 Å². The van der Waals surface area contributed by atoms with Gasteiger partial charge < -0.3 is 21.4 Å². The van der Waals surface area contributed by atoms with Gasteiger partial charge in [0.25, 0.3) is 5.91 Å². The maximum absolute atomic E-state index is 12.3. The summed E-state index contributed by atoms with van der Waals surface area (Å²) >= 11 is 0. The van der Waals surface area contributed by atoms with Gasteiger partial charge in [-0.2, -0.15) is 0 Å². The third-order valence-electron chi connectivity index (χ3n) is 3.61. The second-order valence-corrected chi connectivity index (χ2v) is 5.05. The van der Waals surface area contributed by atoms with Crippen molar-refractivity contribution >= 4 is 34.3 Å². The molecule has 0 unspecified atom stereocenters. The molecule has 0 bridgehead atoms. The summed E-state index contributed by atoms with van der Waals surface area (Å²) in [6.45, 7) is 1.81. The van der Waals surface area contributed by atoms with Crippen molar-refractivity contribution in [2.24, 2.45) is 5.73 Å². The molecule has 0 radical (unpaired) electrons. The minimum absolute atomic E-state index is 0.0849. The quantitative estimate of drug-likeness (QED) is 0.650. The number of hydrogen-bond donors (Lipinski definition) is 4. The lowest BCUT2D eigenvalue weighted by molar-refractivity contribution is -0.115. The van der Waals surface area contributed by atoms with E-state index in [0.29, 0.717) is 11.3 Å². The van der Waals surface area contributed by atoms with Crippen LogP contribution in [0.5, 0.6) is 0 Å². The predicted octanol–water partition coefficient (Wildman–Crippen LogP) is 1.79. The summed E-state index contributed by atoms with van der Waals surface area (Å²) in [7, 11) is 0. The lowest BCUT2D eigenvalue weighted by atomic mass is 9.99. The molecule has 0 fully saturated rings. The highest BCUT2D eigenvalue weighted by Crippen LogP contribution is 2.37. The van der Waals surface area contributed by atoms with Gasteiger partial charge in [-0.3, -0.25) is 9.59 Å². The van der Waals surface area contributed by atoms with E-state index in [4.69, 9.17) is 5.73 Å². The van der Waals surface area contributed by atoms with Crippen LogP contribution in [0.1, 0.15) is 18.2 Å². The number of nitrogens with two attached hydrogens (primary N) is 1. The van der Waals surface area contributed by atoms with Gasteiger partial charge in [-0.15, -0.1) is 0 Å². The summed E-state index contributed by atoms with van der Waals surface area (Å²) in [5.41, 5.74) is 9.75.